The maximum absolute atomic E-state index is 10.7. The number of carboxylic acid groups (broad SMARTS) is 1. The van der Waals surface area contributed by atoms with Crippen molar-refractivity contribution in [2.45, 2.75) is 0 Å². The second kappa shape index (κ2) is 5.57. The fourth-order valence-electron chi connectivity index (χ4n) is 1.47. The van der Waals surface area contributed by atoms with Gasteiger partial charge in [-0.2, -0.15) is 0 Å². The number of carboxylic acids is 1. The van der Waals surface area contributed by atoms with Gasteiger partial charge in [-0.05, 0) is 12.1 Å². The molecule has 1 aromatic carbocycles. The van der Waals surface area contributed by atoms with Crippen molar-refractivity contribution in [1.82, 2.24) is 4.98 Å². The van der Waals surface area contributed by atoms with E-state index in [0.717, 1.165) is 5.69 Å². The second-order valence-electron chi connectivity index (χ2n) is 3.54. The SMILES string of the molecule is COc1ccc(Nc2nc(C(=O)O)cs2)cc1OC. The van der Waals surface area contributed by atoms with Crippen molar-refractivity contribution in [3.63, 3.8) is 0 Å². The molecule has 0 saturated heterocycles. The summed E-state index contributed by atoms with van der Waals surface area (Å²) in [5.74, 6) is 0.164. The number of nitrogens with one attached hydrogen (secondary N) is 1. The molecule has 1 aromatic heterocycles. The highest BCUT2D eigenvalue weighted by molar-refractivity contribution is 7.14. The van der Waals surface area contributed by atoms with Crippen molar-refractivity contribution in [2.75, 3.05) is 19.5 Å². The average Bonchev–Trinajstić information content (AvgIpc) is 2.87. The number of methoxy groups -OCH3 is 2. The van der Waals surface area contributed by atoms with Gasteiger partial charge in [0.1, 0.15) is 0 Å². The zero-order valence-corrected chi connectivity index (χ0v) is 11.2. The number of hydrogen-bond donors (Lipinski definition) is 2. The predicted molar refractivity (Wildman–Crippen MR) is 71.9 cm³/mol. The van der Waals surface area contributed by atoms with Crippen LogP contribution < -0.4 is 14.8 Å². The van der Waals surface area contributed by atoms with E-state index >= 15 is 0 Å². The van der Waals surface area contributed by atoms with Gasteiger partial charge in [0.05, 0.1) is 14.2 Å². The highest BCUT2D eigenvalue weighted by Crippen LogP contribution is 2.31. The molecule has 0 fully saturated rings. The highest BCUT2D eigenvalue weighted by atomic mass is 32.1. The lowest BCUT2D eigenvalue weighted by molar-refractivity contribution is 0.0691. The van der Waals surface area contributed by atoms with Crippen LogP contribution in [0, 0.1) is 0 Å². The maximum Gasteiger partial charge on any atom is 0.355 e. The molecule has 0 spiro atoms. The molecular formula is C12H12N2O4S. The van der Waals surface area contributed by atoms with Gasteiger partial charge in [0.25, 0.3) is 0 Å². The molecule has 0 radical (unpaired) electrons. The Morgan fingerprint density at radius 3 is 2.63 bits per heavy atom. The van der Waals surface area contributed by atoms with Crippen LogP contribution in [0.3, 0.4) is 0 Å². The Hall–Kier alpha value is -2.28. The first-order chi connectivity index (χ1) is 9.13. The molecule has 1 heterocycles. The summed E-state index contributed by atoms with van der Waals surface area (Å²) in [6.45, 7) is 0. The first kappa shape index (κ1) is 13.2. The molecular weight excluding hydrogens is 268 g/mol. The summed E-state index contributed by atoms with van der Waals surface area (Å²) in [5, 5.41) is 13.8. The van der Waals surface area contributed by atoms with E-state index in [4.69, 9.17) is 14.6 Å². The van der Waals surface area contributed by atoms with Gasteiger partial charge in [-0.25, -0.2) is 9.78 Å². The van der Waals surface area contributed by atoms with Crippen LogP contribution in [0.25, 0.3) is 0 Å². The largest absolute Gasteiger partial charge is 0.493 e. The molecule has 0 bridgehead atoms. The summed E-state index contributed by atoms with van der Waals surface area (Å²) in [7, 11) is 3.11. The average molecular weight is 280 g/mol. The van der Waals surface area contributed by atoms with E-state index in [1.165, 1.54) is 16.7 Å². The first-order valence-corrected chi connectivity index (χ1v) is 6.20. The van der Waals surface area contributed by atoms with Crippen LogP contribution in [0.2, 0.25) is 0 Å². The van der Waals surface area contributed by atoms with Crippen LogP contribution in [0.15, 0.2) is 23.6 Å². The van der Waals surface area contributed by atoms with E-state index in [1.807, 2.05) is 0 Å². The van der Waals surface area contributed by atoms with Crippen LogP contribution in [0.4, 0.5) is 10.8 Å². The summed E-state index contributed by atoms with van der Waals surface area (Å²) in [6.07, 6.45) is 0. The minimum Gasteiger partial charge on any atom is -0.493 e. The van der Waals surface area contributed by atoms with Gasteiger partial charge in [-0.1, -0.05) is 0 Å². The highest BCUT2D eigenvalue weighted by Gasteiger charge is 2.10. The van der Waals surface area contributed by atoms with Crippen LogP contribution >= 0.6 is 11.3 Å². The molecule has 0 saturated carbocycles. The monoisotopic (exact) mass is 280 g/mol. The molecule has 2 aromatic rings. The van der Waals surface area contributed by atoms with E-state index in [2.05, 4.69) is 10.3 Å². The molecule has 0 aliphatic heterocycles. The van der Waals surface area contributed by atoms with E-state index in [1.54, 1.807) is 32.4 Å². The molecule has 0 aliphatic carbocycles. The van der Waals surface area contributed by atoms with Crippen molar-refractivity contribution < 1.29 is 19.4 Å². The van der Waals surface area contributed by atoms with E-state index in [9.17, 15) is 4.79 Å². The summed E-state index contributed by atoms with van der Waals surface area (Å²) in [6, 6.07) is 5.30. The Kier molecular flexibility index (Phi) is 3.86. The molecule has 2 N–H and O–H groups in total. The zero-order valence-electron chi connectivity index (χ0n) is 10.3. The van der Waals surface area contributed by atoms with E-state index in [-0.39, 0.29) is 5.69 Å². The number of nitrogens with zero attached hydrogens (tertiary/aromatic N) is 1. The number of aromatic carboxylic acids is 1. The van der Waals surface area contributed by atoms with Gasteiger partial charge in [0.2, 0.25) is 0 Å². The van der Waals surface area contributed by atoms with Crippen LogP contribution in [0.5, 0.6) is 11.5 Å². The molecule has 6 nitrogen and oxygen atoms in total. The number of anilines is 2. The Balaban J connectivity index is 2.20. The summed E-state index contributed by atoms with van der Waals surface area (Å²) in [5.41, 5.74) is 0.761. The molecule has 100 valence electrons. The normalized spacial score (nSPS) is 10.0. The van der Waals surface area contributed by atoms with Gasteiger partial charge >= 0.3 is 5.97 Å². The summed E-state index contributed by atoms with van der Waals surface area (Å²) < 4.78 is 10.3. The van der Waals surface area contributed by atoms with Crippen LogP contribution in [0.1, 0.15) is 10.5 Å². The van der Waals surface area contributed by atoms with Crippen molar-refractivity contribution in [1.29, 1.82) is 0 Å². The molecule has 0 atom stereocenters. The molecule has 19 heavy (non-hydrogen) atoms. The lowest BCUT2D eigenvalue weighted by atomic mass is 10.3. The third-order valence-electron chi connectivity index (χ3n) is 2.36. The third kappa shape index (κ3) is 2.94. The summed E-state index contributed by atoms with van der Waals surface area (Å²) >= 11 is 1.22. The van der Waals surface area contributed by atoms with Crippen molar-refractivity contribution >= 4 is 28.1 Å². The topological polar surface area (TPSA) is 80.7 Å². The lowest BCUT2D eigenvalue weighted by Crippen LogP contribution is -1.97. The fraction of sp³-hybridized carbons (Fsp3) is 0.167. The second-order valence-corrected chi connectivity index (χ2v) is 4.40. The van der Waals surface area contributed by atoms with Crippen molar-refractivity contribution in [3.8, 4) is 11.5 Å². The number of benzene rings is 1. The van der Waals surface area contributed by atoms with Gasteiger partial charge < -0.3 is 19.9 Å². The minimum absolute atomic E-state index is 0.0213. The standard InChI is InChI=1S/C12H12N2O4S/c1-17-9-4-3-7(5-10(9)18-2)13-12-14-8(6-19-12)11(15)16/h3-6H,1-2H3,(H,13,14)(H,15,16). The van der Waals surface area contributed by atoms with Gasteiger partial charge in [-0.15, -0.1) is 11.3 Å². The molecule has 0 unspecified atom stereocenters. The maximum atomic E-state index is 10.7. The number of hydrogen-bond acceptors (Lipinski definition) is 6. The lowest BCUT2D eigenvalue weighted by Gasteiger charge is -2.09. The fourth-order valence-corrected chi connectivity index (χ4v) is 2.17. The molecule has 0 amide bonds. The smallest absolute Gasteiger partial charge is 0.355 e. The number of ether oxygens (including phenoxy) is 2. The number of carbonyl (C=O) groups is 1. The predicted octanol–water partition coefficient (Wildman–Crippen LogP) is 2.60. The van der Waals surface area contributed by atoms with Gasteiger partial charge in [0, 0.05) is 17.1 Å². The van der Waals surface area contributed by atoms with Gasteiger partial charge in [0.15, 0.2) is 22.3 Å². The number of aromatic nitrogens is 1. The van der Waals surface area contributed by atoms with E-state index in [0.29, 0.717) is 16.6 Å². The Bertz CT molecular complexity index is 597. The Morgan fingerprint density at radius 1 is 1.32 bits per heavy atom. The minimum atomic E-state index is -1.04. The Morgan fingerprint density at radius 2 is 2.05 bits per heavy atom. The van der Waals surface area contributed by atoms with Crippen LogP contribution in [-0.4, -0.2) is 30.3 Å². The first-order valence-electron chi connectivity index (χ1n) is 5.32. The molecule has 7 heteroatoms. The van der Waals surface area contributed by atoms with Crippen LogP contribution in [-0.2, 0) is 0 Å². The molecule has 0 aliphatic rings. The van der Waals surface area contributed by atoms with E-state index < -0.39 is 5.97 Å². The van der Waals surface area contributed by atoms with Crippen molar-refractivity contribution in [3.05, 3.63) is 29.3 Å². The number of rotatable bonds is 5. The zero-order chi connectivity index (χ0) is 13.8. The quantitative estimate of drug-likeness (QED) is 0.876. The number of thiazole rings is 1. The summed E-state index contributed by atoms with van der Waals surface area (Å²) in [4.78, 5) is 14.7. The molecule has 2 rings (SSSR count). The Labute approximate surface area is 113 Å². The third-order valence-corrected chi connectivity index (χ3v) is 3.12. The van der Waals surface area contributed by atoms with Gasteiger partial charge in [-0.3, -0.25) is 0 Å². The van der Waals surface area contributed by atoms with Crippen molar-refractivity contribution in [2.24, 2.45) is 0 Å².